The van der Waals surface area contributed by atoms with Crippen LogP contribution in [0.3, 0.4) is 0 Å². The van der Waals surface area contributed by atoms with E-state index in [1.165, 1.54) is 13.2 Å². The maximum Gasteiger partial charge on any atom is 0.305 e. The average molecular weight is 392 g/mol. The molecule has 6 nitrogen and oxygen atoms in total. The van der Waals surface area contributed by atoms with Gasteiger partial charge in [0.05, 0.1) is 7.11 Å². The first-order valence-corrected chi connectivity index (χ1v) is 10.2. The number of halogens is 2. The summed E-state index contributed by atoms with van der Waals surface area (Å²) < 4.78 is 34.4. The van der Waals surface area contributed by atoms with Crippen LogP contribution in [-0.4, -0.2) is 48.7 Å². The number of fused-ring (bicyclic) bond motifs is 1. The van der Waals surface area contributed by atoms with Gasteiger partial charge in [-0.15, -0.1) is 0 Å². The molecule has 4 aliphatic rings. The van der Waals surface area contributed by atoms with Crippen molar-refractivity contribution < 1.29 is 18.3 Å². The quantitative estimate of drug-likeness (QED) is 0.694. The summed E-state index contributed by atoms with van der Waals surface area (Å²) in [5.74, 6) is -1.42. The zero-order chi connectivity index (χ0) is 19.6. The maximum atomic E-state index is 14.8. The molecule has 4 atom stereocenters. The number of methoxy groups -OCH3 is 1. The van der Waals surface area contributed by atoms with Crippen molar-refractivity contribution in [2.75, 3.05) is 36.5 Å². The van der Waals surface area contributed by atoms with Crippen LogP contribution in [-0.2, 0) is 15.5 Å². The minimum absolute atomic E-state index is 0.138. The van der Waals surface area contributed by atoms with Gasteiger partial charge in [-0.1, -0.05) is 0 Å². The van der Waals surface area contributed by atoms with E-state index in [9.17, 15) is 13.6 Å². The fourth-order valence-corrected chi connectivity index (χ4v) is 4.77. The van der Waals surface area contributed by atoms with Crippen molar-refractivity contribution in [2.45, 2.75) is 44.6 Å². The third kappa shape index (κ3) is 2.92. The molecule has 0 amide bonds. The molecule has 1 aromatic rings. The lowest BCUT2D eigenvalue weighted by Crippen LogP contribution is -2.47. The van der Waals surface area contributed by atoms with Crippen molar-refractivity contribution in [1.29, 1.82) is 0 Å². The number of aromatic nitrogens is 2. The number of anilines is 2. The van der Waals surface area contributed by atoms with Gasteiger partial charge in [-0.05, 0) is 43.9 Å². The van der Waals surface area contributed by atoms with Crippen LogP contribution in [0, 0.1) is 23.7 Å². The van der Waals surface area contributed by atoms with Gasteiger partial charge in [-0.3, -0.25) is 4.79 Å². The molecule has 2 saturated carbocycles. The highest BCUT2D eigenvalue weighted by Crippen LogP contribution is 2.55. The smallest absolute Gasteiger partial charge is 0.305 e. The minimum Gasteiger partial charge on any atom is -0.469 e. The first kappa shape index (κ1) is 18.1. The van der Waals surface area contributed by atoms with Crippen molar-refractivity contribution in [3.63, 3.8) is 0 Å². The lowest BCUT2D eigenvalue weighted by Gasteiger charge is -2.39. The molecule has 0 spiro atoms. The molecule has 0 unspecified atom stereocenters. The van der Waals surface area contributed by atoms with Gasteiger partial charge in [-0.25, -0.2) is 4.98 Å². The highest BCUT2D eigenvalue weighted by molar-refractivity contribution is 5.70. The molecule has 0 radical (unpaired) electrons. The molecule has 3 heterocycles. The van der Waals surface area contributed by atoms with Crippen LogP contribution in [0.5, 0.6) is 0 Å². The van der Waals surface area contributed by atoms with E-state index in [-0.39, 0.29) is 17.7 Å². The van der Waals surface area contributed by atoms with E-state index in [0.717, 1.165) is 26.1 Å². The van der Waals surface area contributed by atoms with E-state index in [2.05, 4.69) is 21.8 Å². The Morgan fingerprint density at radius 2 is 1.96 bits per heavy atom. The summed E-state index contributed by atoms with van der Waals surface area (Å²) in [6.45, 7) is 4.39. The Hall–Kier alpha value is -1.99. The standard InChI is InChI=1S/C20H26F2N4O2/c1-11-5-6-26(11)19-23-16(20(21,22)12-3-4-12)8-17(24-19)25-9-14-13(15(14)10-25)7-18(27)28-2/h8,11-15H,3-7,9-10H2,1-2H3/t11-,13-,14-,15+/m0/s1. The fraction of sp³-hybridized carbons (Fsp3) is 0.750. The lowest BCUT2D eigenvalue weighted by atomic mass is 10.1. The van der Waals surface area contributed by atoms with Crippen LogP contribution in [0.15, 0.2) is 6.07 Å². The van der Waals surface area contributed by atoms with Gasteiger partial charge in [0.1, 0.15) is 11.5 Å². The van der Waals surface area contributed by atoms with Crippen LogP contribution < -0.4 is 9.80 Å². The van der Waals surface area contributed by atoms with Crippen molar-refractivity contribution >= 4 is 17.7 Å². The molecule has 0 bridgehead atoms. The molecule has 1 aromatic heterocycles. The summed E-state index contributed by atoms with van der Waals surface area (Å²) in [5.41, 5.74) is -0.138. The van der Waals surface area contributed by atoms with Gasteiger partial charge in [0.25, 0.3) is 5.92 Å². The number of hydrogen-bond acceptors (Lipinski definition) is 6. The molecule has 8 heteroatoms. The zero-order valence-electron chi connectivity index (χ0n) is 16.3. The van der Waals surface area contributed by atoms with Crippen LogP contribution in [0.25, 0.3) is 0 Å². The third-order valence-corrected chi connectivity index (χ3v) is 7.03. The fourth-order valence-electron chi connectivity index (χ4n) is 4.77. The number of alkyl halides is 2. The summed E-state index contributed by atoms with van der Waals surface area (Å²) in [4.78, 5) is 24.5. The molecule has 2 aliphatic heterocycles. The second-order valence-electron chi connectivity index (χ2n) is 8.82. The summed E-state index contributed by atoms with van der Waals surface area (Å²) in [5, 5.41) is 0. The normalized spacial score (nSPS) is 31.4. The van der Waals surface area contributed by atoms with Crippen molar-refractivity contribution in [3.8, 4) is 0 Å². The lowest BCUT2D eigenvalue weighted by molar-refractivity contribution is -0.141. The molecular weight excluding hydrogens is 366 g/mol. The highest BCUT2D eigenvalue weighted by atomic mass is 19.3. The number of rotatable bonds is 6. The largest absolute Gasteiger partial charge is 0.469 e. The topological polar surface area (TPSA) is 58.6 Å². The first-order valence-electron chi connectivity index (χ1n) is 10.2. The number of nitrogens with zero attached hydrogens (tertiary/aromatic N) is 4. The number of carbonyl (C=O) groups excluding carboxylic acids is 1. The highest BCUT2D eigenvalue weighted by Gasteiger charge is 2.57. The Bertz CT molecular complexity index is 788. The van der Waals surface area contributed by atoms with Crippen LogP contribution in [0.2, 0.25) is 0 Å². The number of hydrogen-bond donors (Lipinski definition) is 0. The van der Waals surface area contributed by atoms with Gasteiger partial charge in [0, 0.05) is 44.1 Å². The third-order valence-electron chi connectivity index (χ3n) is 7.03. The number of piperidine rings is 1. The zero-order valence-corrected chi connectivity index (χ0v) is 16.3. The molecule has 2 aliphatic carbocycles. The first-order chi connectivity index (χ1) is 13.4. The maximum absolute atomic E-state index is 14.8. The molecule has 152 valence electrons. The Morgan fingerprint density at radius 1 is 1.25 bits per heavy atom. The van der Waals surface area contributed by atoms with Crippen molar-refractivity contribution in [3.05, 3.63) is 11.8 Å². The number of ether oxygens (including phenoxy) is 1. The predicted octanol–water partition coefficient (Wildman–Crippen LogP) is 2.82. The molecule has 2 saturated heterocycles. The van der Waals surface area contributed by atoms with E-state index in [0.29, 0.717) is 48.8 Å². The predicted molar refractivity (Wildman–Crippen MR) is 99.4 cm³/mol. The van der Waals surface area contributed by atoms with Gasteiger partial charge in [-0.2, -0.15) is 13.8 Å². The Morgan fingerprint density at radius 3 is 2.50 bits per heavy atom. The van der Waals surface area contributed by atoms with Crippen LogP contribution in [0.1, 0.15) is 38.3 Å². The monoisotopic (exact) mass is 392 g/mol. The second kappa shape index (κ2) is 6.26. The van der Waals surface area contributed by atoms with Crippen molar-refractivity contribution in [1.82, 2.24) is 9.97 Å². The Balaban J connectivity index is 1.38. The van der Waals surface area contributed by atoms with Gasteiger partial charge >= 0.3 is 5.97 Å². The van der Waals surface area contributed by atoms with Gasteiger partial charge < -0.3 is 14.5 Å². The summed E-state index contributed by atoms with van der Waals surface area (Å²) in [7, 11) is 1.41. The van der Waals surface area contributed by atoms with Gasteiger partial charge in [0.2, 0.25) is 5.95 Å². The summed E-state index contributed by atoms with van der Waals surface area (Å²) in [6.07, 6.45) is 2.60. The molecule has 0 N–H and O–H groups in total. The minimum atomic E-state index is -2.89. The second-order valence-corrected chi connectivity index (χ2v) is 8.82. The average Bonchev–Trinajstić information content (AvgIpc) is 3.58. The van der Waals surface area contributed by atoms with E-state index in [4.69, 9.17) is 4.74 Å². The summed E-state index contributed by atoms with van der Waals surface area (Å²) in [6, 6.07) is 1.78. The van der Waals surface area contributed by atoms with E-state index in [1.54, 1.807) is 0 Å². The van der Waals surface area contributed by atoms with E-state index in [1.807, 2.05) is 4.90 Å². The SMILES string of the molecule is COC(=O)C[C@@H]1[C@H]2CN(c3cc(C(F)(F)C4CC4)nc(N4CC[C@@H]4C)n3)C[C@@H]12. The van der Waals surface area contributed by atoms with Crippen LogP contribution in [0.4, 0.5) is 20.5 Å². The molecule has 5 rings (SSSR count). The molecule has 28 heavy (non-hydrogen) atoms. The van der Waals surface area contributed by atoms with E-state index >= 15 is 0 Å². The Kier molecular flexibility index (Phi) is 4.04. The molecule has 4 fully saturated rings. The van der Waals surface area contributed by atoms with E-state index < -0.39 is 11.8 Å². The summed E-state index contributed by atoms with van der Waals surface area (Å²) >= 11 is 0. The molecular formula is C20H26F2N4O2. The Labute approximate surface area is 163 Å². The van der Waals surface area contributed by atoms with Gasteiger partial charge in [0.15, 0.2) is 0 Å². The molecule has 0 aromatic carbocycles. The number of carbonyl (C=O) groups is 1. The number of esters is 1. The van der Waals surface area contributed by atoms with Crippen molar-refractivity contribution in [2.24, 2.45) is 23.7 Å². The van der Waals surface area contributed by atoms with Crippen LogP contribution >= 0.6 is 0 Å².